The van der Waals surface area contributed by atoms with Crippen LogP contribution in [-0.4, -0.2) is 4.98 Å². The Morgan fingerprint density at radius 1 is 1.12 bits per heavy atom. The summed E-state index contributed by atoms with van der Waals surface area (Å²) in [5, 5.41) is 1.26. The lowest BCUT2D eigenvalue weighted by atomic mass is 10.2. The predicted molar refractivity (Wildman–Crippen MR) is 69.7 cm³/mol. The second-order valence-electron chi connectivity index (χ2n) is 3.30. The largest absolute Gasteiger partial charge is 0.397 e. The monoisotopic (exact) mass is 250 g/mol. The van der Waals surface area contributed by atoms with Crippen molar-refractivity contribution in [3.05, 3.63) is 53.2 Å². The molecule has 2 N–H and O–H groups in total. The van der Waals surface area contributed by atoms with Crippen LogP contribution in [0, 0.1) is 0 Å². The maximum atomic E-state index is 5.82. The van der Waals surface area contributed by atoms with E-state index < -0.39 is 0 Å². The van der Waals surface area contributed by atoms with Crippen LogP contribution in [0.15, 0.2) is 47.5 Å². The van der Waals surface area contributed by atoms with Crippen LogP contribution in [0.1, 0.15) is 5.56 Å². The van der Waals surface area contributed by atoms with Gasteiger partial charge in [0, 0.05) is 5.75 Å². The predicted octanol–water partition coefficient (Wildman–Crippen LogP) is 3.61. The fourth-order valence-electron chi connectivity index (χ4n) is 1.27. The maximum Gasteiger partial charge on any atom is 0.130 e. The molecule has 1 heterocycles. The Balaban J connectivity index is 2.08. The van der Waals surface area contributed by atoms with Crippen LogP contribution >= 0.6 is 23.4 Å². The highest BCUT2D eigenvalue weighted by atomic mass is 35.5. The number of pyridine rings is 1. The molecule has 0 unspecified atom stereocenters. The number of rotatable bonds is 3. The normalized spacial score (nSPS) is 10.3. The molecule has 82 valence electrons. The Labute approximate surface area is 104 Å². The molecule has 0 aliphatic heterocycles. The standard InChI is InChI=1S/C12H11ClN2S/c13-11-7-6-10(14)12(15-11)16-8-9-4-2-1-3-5-9/h1-7H,8,14H2. The van der Waals surface area contributed by atoms with E-state index in [-0.39, 0.29) is 0 Å². The molecule has 2 rings (SSSR count). The van der Waals surface area contributed by atoms with Crippen LogP contribution in [0.4, 0.5) is 5.69 Å². The quantitative estimate of drug-likeness (QED) is 0.668. The lowest BCUT2D eigenvalue weighted by molar-refractivity contribution is 1.14. The molecule has 1 aromatic heterocycles. The Hall–Kier alpha value is -1.19. The van der Waals surface area contributed by atoms with Crippen molar-refractivity contribution in [3.63, 3.8) is 0 Å². The van der Waals surface area contributed by atoms with E-state index in [9.17, 15) is 0 Å². The van der Waals surface area contributed by atoms with Gasteiger partial charge in [0.25, 0.3) is 0 Å². The first-order chi connectivity index (χ1) is 7.75. The van der Waals surface area contributed by atoms with Crippen LogP contribution in [0.5, 0.6) is 0 Å². The van der Waals surface area contributed by atoms with E-state index in [1.807, 2.05) is 18.2 Å². The Kier molecular flexibility index (Phi) is 3.70. The summed E-state index contributed by atoms with van der Waals surface area (Å²) in [6, 6.07) is 13.7. The summed E-state index contributed by atoms with van der Waals surface area (Å²) in [6.07, 6.45) is 0. The van der Waals surface area contributed by atoms with E-state index in [0.29, 0.717) is 10.8 Å². The second-order valence-corrected chi connectivity index (χ2v) is 4.65. The van der Waals surface area contributed by atoms with Crippen LogP contribution in [0.25, 0.3) is 0 Å². The van der Waals surface area contributed by atoms with Crippen LogP contribution in [-0.2, 0) is 5.75 Å². The molecule has 2 nitrogen and oxygen atoms in total. The molecule has 0 bridgehead atoms. The number of hydrogen-bond acceptors (Lipinski definition) is 3. The molecule has 0 aliphatic carbocycles. The number of hydrogen-bond donors (Lipinski definition) is 1. The Bertz CT molecular complexity index is 474. The van der Waals surface area contributed by atoms with E-state index in [4.69, 9.17) is 17.3 Å². The second kappa shape index (κ2) is 5.23. The minimum Gasteiger partial charge on any atom is -0.397 e. The first-order valence-electron chi connectivity index (χ1n) is 4.84. The molecule has 0 saturated carbocycles. The number of benzene rings is 1. The molecular weight excluding hydrogens is 240 g/mol. The molecule has 1 aromatic carbocycles. The number of anilines is 1. The van der Waals surface area contributed by atoms with E-state index in [2.05, 4.69) is 17.1 Å². The van der Waals surface area contributed by atoms with Gasteiger partial charge < -0.3 is 5.73 Å². The minimum atomic E-state index is 0.477. The van der Waals surface area contributed by atoms with Gasteiger partial charge in [0.05, 0.1) is 5.69 Å². The lowest BCUT2D eigenvalue weighted by Gasteiger charge is -2.04. The van der Waals surface area contributed by atoms with Gasteiger partial charge in [-0.1, -0.05) is 53.7 Å². The van der Waals surface area contributed by atoms with Gasteiger partial charge in [0.1, 0.15) is 10.2 Å². The fourth-order valence-corrected chi connectivity index (χ4v) is 2.36. The zero-order chi connectivity index (χ0) is 11.4. The third-order valence-corrected chi connectivity index (χ3v) is 3.36. The fraction of sp³-hybridized carbons (Fsp3) is 0.0833. The first-order valence-corrected chi connectivity index (χ1v) is 6.21. The van der Waals surface area contributed by atoms with Gasteiger partial charge in [-0.2, -0.15) is 0 Å². The minimum absolute atomic E-state index is 0.477. The topological polar surface area (TPSA) is 38.9 Å². The molecule has 2 aromatic rings. The van der Waals surface area contributed by atoms with E-state index in [1.54, 1.807) is 23.9 Å². The number of nitrogen functional groups attached to an aromatic ring is 1. The van der Waals surface area contributed by atoms with Gasteiger partial charge in [-0.05, 0) is 17.7 Å². The highest BCUT2D eigenvalue weighted by Crippen LogP contribution is 2.27. The van der Waals surface area contributed by atoms with Gasteiger partial charge in [-0.25, -0.2) is 4.98 Å². The first kappa shape index (κ1) is 11.3. The molecular formula is C12H11ClN2S. The summed E-state index contributed by atoms with van der Waals surface area (Å²) < 4.78 is 0. The summed E-state index contributed by atoms with van der Waals surface area (Å²) >= 11 is 7.41. The smallest absolute Gasteiger partial charge is 0.130 e. The molecule has 0 saturated heterocycles. The lowest BCUT2D eigenvalue weighted by Crippen LogP contribution is -1.92. The van der Waals surface area contributed by atoms with Crippen LogP contribution < -0.4 is 5.73 Å². The Morgan fingerprint density at radius 2 is 1.88 bits per heavy atom. The third-order valence-electron chi connectivity index (χ3n) is 2.07. The molecule has 0 atom stereocenters. The van der Waals surface area contributed by atoms with Crippen molar-refractivity contribution in [3.8, 4) is 0 Å². The molecule has 0 fully saturated rings. The van der Waals surface area contributed by atoms with Crippen molar-refractivity contribution in [2.45, 2.75) is 10.8 Å². The molecule has 4 heteroatoms. The molecule has 0 spiro atoms. The highest BCUT2D eigenvalue weighted by molar-refractivity contribution is 7.98. The van der Waals surface area contributed by atoms with Crippen LogP contribution in [0.3, 0.4) is 0 Å². The van der Waals surface area contributed by atoms with Crippen molar-refractivity contribution < 1.29 is 0 Å². The summed E-state index contributed by atoms with van der Waals surface area (Å²) in [6.45, 7) is 0. The molecule has 0 aliphatic rings. The Morgan fingerprint density at radius 3 is 2.62 bits per heavy atom. The zero-order valence-corrected chi connectivity index (χ0v) is 10.1. The number of aromatic nitrogens is 1. The highest BCUT2D eigenvalue weighted by Gasteiger charge is 2.03. The van der Waals surface area contributed by atoms with E-state index >= 15 is 0 Å². The molecule has 0 amide bonds. The third kappa shape index (κ3) is 2.90. The van der Waals surface area contributed by atoms with E-state index in [0.717, 1.165) is 10.8 Å². The van der Waals surface area contributed by atoms with Crippen LogP contribution in [0.2, 0.25) is 5.15 Å². The molecule has 16 heavy (non-hydrogen) atoms. The van der Waals surface area contributed by atoms with Gasteiger partial charge in [-0.3, -0.25) is 0 Å². The summed E-state index contributed by atoms with van der Waals surface area (Å²) in [7, 11) is 0. The SMILES string of the molecule is Nc1ccc(Cl)nc1SCc1ccccc1. The van der Waals surface area contributed by atoms with Crippen molar-refractivity contribution >= 4 is 29.1 Å². The number of halogens is 1. The maximum absolute atomic E-state index is 5.82. The van der Waals surface area contributed by atoms with Gasteiger partial charge >= 0.3 is 0 Å². The zero-order valence-electron chi connectivity index (χ0n) is 8.56. The molecule has 0 radical (unpaired) electrons. The average Bonchev–Trinajstić information content (AvgIpc) is 2.32. The van der Waals surface area contributed by atoms with Gasteiger partial charge in [0.2, 0.25) is 0 Å². The number of thioether (sulfide) groups is 1. The van der Waals surface area contributed by atoms with Crippen molar-refractivity contribution in [1.82, 2.24) is 4.98 Å². The van der Waals surface area contributed by atoms with Crippen molar-refractivity contribution in [2.75, 3.05) is 5.73 Å². The number of nitrogens with zero attached hydrogens (tertiary/aromatic N) is 1. The summed E-state index contributed by atoms with van der Waals surface area (Å²) in [5.74, 6) is 0.846. The summed E-state index contributed by atoms with van der Waals surface area (Å²) in [4.78, 5) is 4.19. The van der Waals surface area contributed by atoms with E-state index in [1.165, 1.54) is 5.56 Å². The van der Waals surface area contributed by atoms with Gasteiger partial charge in [-0.15, -0.1) is 0 Å². The summed E-state index contributed by atoms with van der Waals surface area (Å²) in [5.41, 5.74) is 7.73. The average molecular weight is 251 g/mol. The van der Waals surface area contributed by atoms with Gasteiger partial charge in [0.15, 0.2) is 0 Å². The van der Waals surface area contributed by atoms with Crippen molar-refractivity contribution in [2.24, 2.45) is 0 Å². The number of nitrogens with two attached hydrogens (primary N) is 1. The van der Waals surface area contributed by atoms with Crippen molar-refractivity contribution in [1.29, 1.82) is 0 Å².